The fraction of sp³-hybridized carbons (Fsp3) is 0.281. The highest BCUT2D eigenvalue weighted by molar-refractivity contribution is 6.36. The van der Waals surface area contributed by atoms with Crippen LogP contribution in [0.15, 0.2) is 66.7 Å². The summed E-state index contributed by atoms with van der Waals surface area (Å²) in [4.78, 5) is 66.7. The van der Waals surface area contributed by atoms with E-state index in [0.717, 1.165) is 22.0 Å². The molecule has 216 valence electrons. The molecule has 2 aliphatic rings. The zero-order chi connectivity index (χ0) is 30.1. The Kier molecular flexibility index (Phi) is 8.48. The summed E-state index contributed by atoms with van der Waals surface area (Å²) in [7, 11) is 0. The molecule has 1 heterocycles. The lowest BCUT2D eigenvalue weighted by Gasteiger charge is -2.30. The number of Topliss-reactive ketones (excluding diaryl/α,β-unsaturated/α-hetero) is 1. The molecule has 5 rings (SSSR count). The van der Waals surface area contributed by atoms with Gasteiger partial charge in [-0.05, 0) is 86.7 Å². The number of esters is 1. The van der Waals surface area contributed by atoms with E-state index in [1.165, 1.54) is 42.5 Å². The zero-order valence-electron chi connectivity index (χ0n) is 23.0. The first kappa shape index (κ1) is 29.5. The standard InChI is InChI=1S/C32H28Cl2N2O6/c1-18-3-6-21(7-4-18)32(41)42-23-11-8-20(9-12-23)28(37)17-35(29(38)25-14-10-22(33)16-27(25)34)36-30(39)24-13-5-19(2)15-26(24)31(36)40/h3-4,6-12,14,16,19,24,26H,5,13,15,17H2,1-2H3/t19-,24-,26+/m1/s1. The molecule has 0 bridgehead atoms. The molecule has 0 aromatic heterocycles. The zero-order valence-corrected chi connectivity index (χ0v) is 24.5. The lowest BCUT2D eigenvalue weighted by atomic mass is 9.76. The Balaban J connectivity index is 1.39. The lowest BCUT2D eigenvalue weighted by molar-refractivity contribution is -0.154. The molecule has 10 heteroatoms. The van der Waals surface area contributed by atoms with Crippen molar-refractivity contribution in [2.45, 2.75) is 33.1 Å². The van der Waals surface area contributed by atoms with Crippen LogP contribution < -0.4 is 4.74 Å². The Bertz CT molecular complexity index is 1570. The number of imide groups is 1. The van der Waals surface area contributed by atoms with Gasteiger partial charge in [0.1, 0.15) is 12.3 Å². The number of rotatable bonds is 7. The molecule has 1 saturated heterocycles. The molecule has 0 spiro atoms. The van der Waals surface area contributed by atoms with Gasteiger partial charge in [0.15, 0.2) is 5.78 Å². The van der Waals surface area contributed by atoms with Gasteiger partial charge in [-0.25, -0.2) is 9.80 Å². The van der Waals surface area contributed by atoms with E-state index in [4.69, 9.17) is 27.9 Å². The van der Waals surface area contributed by atoms with Crippen molar-refractivity contribution in [3.8, 4) is 5.75 Å². The fourth-order valence-corrected chi connectivity index (χ4v) is 5.93. The monoisotopic (exact) mass is 606 g/mol. The topological polar surface area (TPSA) is 101 Å². The molecule has 3 aromatic rings. The fourth-order valence-electron chi connectivity index (χ4n) is 5.44. The molecular weight excluding hydrogens is 579 g/mol. The van der Waals surface area contributed by atoms with Gasteiger partial charge in [-0.3, -0.25) is 19.2 Å². The number of amides is 3. The second-order valence-corrected chi connectivity index (χ2v) is 11.7. The van der Waals surface area contributed by atoms with Crippen LogP contribution in [0.1, 0.15) is 62.8 Å². The highest BCUT2D eigenvalue weighted by Crippen LogP contribution is 2.41. The SMILES string of the molecule is Cc1ccc(C(=O)Oc2ccc(C(=O)CN(C(=O)c3ccc(Cl)cc3Cl)N3C(=O)[C@H]4C[C@H](C)CC[C@H]4C3=O)cc2)cc1. The summed E-state index contributed by atoms with van der Waals surface area (Å²) in [6, 6.07) is 17.0. The predicted molar refractivity (Wildman–Crippen MR) is 156 cm³/mol. The minimum atomic E-state index is -0.776. The first-order chi connectivity index (χ1) is 20.0. The largest absolute Gasteiger partial charge is 0.423 e. The second kappa shape index (κ2) is 12.1. The molecule has 3 amide bonds. The summed E-state index contributed by atoms with van der Waals surface area (Å²) in [6.07, 6.45) is 1.87. The molecule has 1 aliphatic heterocycles. The van der Waals surface area contributed by atoms with Crippen molar-refractivity contribution in [3.05, 3.63) is 99.0 Å². The molecule has 2 fully saturated rings. The van der Waals surface area contributed by atoms with Crippen molar-refractivity contribution in [1.82, 2.24) is 10.0 Å². The number of carbonyl (C=O) groups excluding carboxylic acids is 5. The number of hydrogen-bond donors (Lipinski definition) is 0. The molecule has 1 aliphatic carbocycles. The quantitative estimate of drug-likeness (QED) is 0.138. The maximum absolute atomic E-state index is 13.8. The van der Waals surface area contributed by atoms with Crippen molar-refractivity contribution >= 4 is 52.7 Å². The van der Waals surface area contributed by atoms with Gasteiger partial charge in [0.2, 0.25) is 0 Å². The van der Waals surface area contributed by atoms with Crippen molar-refractivity contribution in [1.29, 1.82) is 0 Å². The molecule has 0 N–H and O–H groups in total. The Morgan fingerprint density at radius 2 is 1.52 bits per heavy atom. The Hall–Kier alpha value is -4.01. The first-order valence-corrected chi connectivity index (χ1v) is 14.4. The minimum Gasteiger partial charge on any atom is -0.423 e. The first-order valence-electron chi connectivity index (χ1n) is 13.6. The van der Waals surface area contributed by atoms with Crippen molar-refractivity contribution in [2.75, 3.05) is 6.54 Å². The molecule has 0 unspecified atom stereocenters. The van der Waals surface area contributed by atoms with Crippen LogP contribution in [-0.2, 0) is 9.59 Å². The number of ether oxygens (including phenoxy) is 1. The van der Waals surface area contributed by atoms with E-state index in [1.54, 1.807) is 24.3 Å². The summed E-state index contributed by atoms with van der Waals surface area (Å²) < 4.78 is 5.41. The molecule has 0 radical (unpaired) electrons. The maximum Gasteiger partial charge on any atom is 0.343 e. The molecular formula is C32H28Cl2N2O6. The van der Waals surface area contributed by atoms with Gasteiger partial charge in [-0.15, -0.1) is 0 Å². The highest BCUT2D eigenvalue weighted by Gasteiger charge is 2.53. The van der Waals surface area contributed by atoms with E-state index in [9.17, 15) is 24.0 Å². The van der Waals surface area contributed by atoms with E-state index in [2.05, 4.69) is 0 Å². The average Bonchev–Trinajstić information content (AvgIpc) is 3.20. The normalized spacial score (nSPS) is 19.8. The van der Waals surface area contributed by atoms with Crippen LogP contribution in [0.25, 0.3) is 0 Å². The second-order valence-electron chi connectivity index (χ2n) is 10.8. The Morgan fingerprint density at radius 3 is 2.19 bits per heavy atom. The predicted octanol–water partition coefficient (Wildman–Crippen LogP) is 6.18. The number of benzene rings is 3. The Labute approximate surface area is 253 Å². The number of ketones is 1. The molecule has 8 nitrogen and oxygen atoms in total. The summed E-state index contributed by atoms with van der Waals surface area (Å²) in [6.45, 7) is 3.34. The third kappa shape index (κ3) is 5.96. The van der Waals surface area contributed by atoms with Crippen LogP contribution in [0, 0.1) is 24.7 Å². The molecule has 1 saturated carbocycles. The summed E-state index contributed by atoms with van der Waals surface area (Å²) >= 11 is 12.3. The van der Waals surface area contributed by atoms with Gasteiger partial charge < -0.3 is 4.74 Å². The number of fused-ring (bicyclic) bond motifs is 1. The van der Waals surface area contributed by atoms with Gasteiger partial charge in [-0.1, -0.05) is 47.8 Å². The van der Waals surface area contributed by atoms with Crippen LogP contribution in [0.3, 0.4) is 0 Å². The van der Waals surface area contributed by atoms with Gasteiger partial charge in [0, 0.05) is 10.6 Å². The highest BCUT2D eigenvalue weighted by atomic mass is 35.5. The van der Waals surface area contributed by atoms with E-state index in [-0.39, 0.29) is 27.8 Å². The average molecular weight is 607 g/mol. The van der Waals surface area contributed by atoms with Crippen molar-refractivity contribution < 1.29 is 28.7 Å². The van der Waals surface area contributed by atoms with Gasteiger partial charge in [0.25, 0.3) is 17.7 Å². The van der Waals surface area contributed by atoms with Crippen LogP contribution in [0.5, 0.6) is 5.75 Å². The van der Waals surface area contributed by atoms with Crippen LogP contribution in [0.4, 0.5) is 0 Å². The summed E-state index contributed by atoms with van der Waals surface area (Å²) in [5.74, 6) is -3.46. The van der Waals surface area contributed by atoms with Crippen LogP contribution in [-0.4, -0.2) is 46.0 Å². The summed E-state index contributed by atoms with van der Waals surface area (Å²) in [5, 5.41) is 2.04. The molecule has 3 aromatic carbocycles. The lowest BCUT2D eigenvalue weighted by Crippen LogP contribution is -2.52. The summed E-state index contributed by atoms with van der Waals surface area (Å²) in [5.41, 5.74) is 1.57. The van der Waals surface area contributed by atoms with E-state index in [1.807, 2.05) is 13.8 Å². The molecule has 3 atom stereocenters. The van der Waals surface area contributed by atoms with Crippen LogP contribution >= 0.6 is 23.2 Å². The van der Waals surface area contributed by atoms with E-state index in [0.29, 0.717) is 23.4 Å². The number of aryl methyl sites for hydroxylation is 1. The minimum absolute atomic E-state index is 0.00364. The number of halogens is 2. The van der Waals surface area contributed by atoms with Gasteiger partial charge in [-0.2, -0.15) is 5.01 Å². The van der Waals surface area contributed by atoms with Gasteiger partial charge >= 0.3 is 5.97 Å². The Morgan fingerprint density at radius 1 is 0.881 bits per heavy atom. The van der Waals surface area contributed by atoms with Gasteiger partial charge in [0.05, 0.1) is 28.0 Å². The van der Waals surface area contributed by atoms with Crippen LogP contribution in [0.2, 0.25) is 10.0 Å². The molecule has 42 heavy (non-hydrogen) atoms. The smallest absolute Gasteiger partial charge is 0.343 e. The van der Waals surface area contributed by atoms with Crippen molar-refractivity contribution in [3.63, 3.8) is 0 Å². The number of nitrogens with zero attached hydrogens (tertiary/aromatic N) is 2. The number of hydrazine groups is 1. The number of carbonyl (C=O) groups is 5. The van der Waals surface area contributed by atoms with E-state index < -0.39 is 47.9 Å². The third-order valence-corrected chi connectivity index (χ3v) is 8.32. The van der Waals surface area contributed by atoms with E-state index >= 15 is 0 Å². The number of hydrogen-bond acceptors (Lipinski definition) is 6. The third-order valence-electron chi connectivity index (χ3n) is 7.77. The maximum atomic E-state index is 13.8. The van der Waals surface area contributed by atoms with Crippen molar-refractivity contribution in [2.24, 2.45) is 17.8 Å².